The molecule has 1 heterocycles. The summed E-state index contributed by atoms with van der Waals surface area (Å²) >= 11 is 0. The van der Waals surface area contributed by atoms with Crippen LogP contribution in [0.1, 0.15) is 6.92 Å². The SMILES string of the molecule is CC=CC(=O)C1COCCN1.O=C(O)C(F)(F)F. The number of hydrogen-bond donors (Lipinski definition) is 2. The molecule has 1 unspecified atom stereocenters. The molecule has 5 nitrogen and oxygen atoms in total. The van der Waals surface area contributed by atoms with E-state index in [0.29, 0.717) is 13.2 Å². The molecule has 0 saturated carbocycles. The number of nitrogens with one attached hydrogen (secondary N) is 1. The zero-order valence-corrected chi connectivity index (χ0v) is 9.66. The summed E-state index contributed by atoms with van der Waals surface area (Å²) in [5.41, 5.74) is 0. The quantitative estimate of drug-likeness (QED) is 0.724. The number of ether oxygens (including phenoxy) is 1. The first-order chi connectivity index (χ1) is 8.29. The van der Waals surface area contributed by atoms with Crippen molar-refractivity contribution < 1.29 is 32.6 Å². The third-order valence-corrected chi connectivity index (χ3v) is 1.84. The van der Waals surface area contributed by atoms with Gasteiger partial charge in [-0.15, -0.1) is 0 Å². The van der Waals surface area contributed by atoms with Gasteiger partial charge in [-0.25, -0.2) is 4.79 Å². The Labute approximate surface area is 102 Å². The molecular weight excluding hydrogens is 255 g/mol. The van der Waals surface area contributed by atoms with Crippen LogP contribution in [0.2, 0.25) is 0 Å². The summed E-state index contributed by atoms with van der Waals surface area (Å²) in [7, 11) is 0. The van der Waals surface area contributed by atoms with Gasteiger partial charge in [-0.3, -0.25) is 4.79 Å². The lowest BCUT2D eigenvalue weighted by molar-refractivity contribution is -0.192. The Morgan fingerprint density at radius 3 is 2.33 bits per heavy atom. The number of carbonyl (C=O) groups is 2. The van der Waals surface area contributed by atoms with Crippen molar-refractivity contribution in [2.24, 2.45) is 0 Å². The second kappa shape index (κ2) is 7.83. The number of carbonyl (C=O) groups excluding carboxylic acids is 1. The van der Waals surface area contributed by atoms with Crippen molar-refractivity contribution in [3.05, 3.63) is 12.2 Å². The molecule has 1 saturated heterocycles. The third-order valence-electron chi connectivity index (χ3n) is 1.84. The Hall–Kier alpha value is -1.41. The molecule has 18 heavy (non-hydrogen) atoms. The summed E-state index contributed by atoms with van der Waals surface area (Å²) in [6, 6.07) is -0.125. The van der Waals surface area contributed by atoms with Gasteiger partial charge in [0.05, 0.1) is 19.3 Å². The number of aliphatic carboxylic acids is 1. The Morgan fingerprint density at radius 2 is 2.00 bits per heavy atom. The minimum atomic E-state index is -5.08. The van der Waals surface area contributed by atoms with Gasteiger partial charge in [-0.05, 0) is 13.0 Å². The van der Waals surface area contributed by atoms with Crippen molar-refractivity contribution in [1.29, 1.82) is 0 Å². The van der Waals surface area contributed by atoms with Gasteiger partial charge in [-0.2, -0.15) is 13.2 Å². The average Bonchev–Trinajstić information content (AvgIpc) is 2.30. The summed E-state index contributed by atoms with van der Waals surface area (Å²) in [5.74, 6) is -2.65. The summed E-state index contributed by atoms with van der Waals surface area (Å²) in [4.78, 5) is 20.1. The number of morpholine rings is 1. The molecule has 1 fully saturated rings. The molecule has 0 bridgehead atoms. The summed E-state index contributed by atoms with van der Waals surface area (Å²) in [5, 5.41) is 10.2. The highest BCUT2D eigenvalue weighted by molar-refractivity contribution is 5.94. The van der Waals surface area contributed by atoms with Crippen LogP contribution in [0.25, 0.3) is 0 Å². The van der Waals surface area contributed by atoms with Crippen molar-refractivity contribution >= 4 is 11.8 Å². The molecule has 0 aliphatic carbocycles. The lowest BCUT2D eigenvalue weighted by Crippen LogP contribution is -2.45. The molecule has 0 aromatic heterocycles. The molecule has 0 radical (unpaired) electrons. The second-order valence-corrected chi connectivity index (χ2v) is 3.29. The van der Waals surface area contributed by atoms with Crippen LogP contribution in [0.5, 0.6) is 0 Å². The molecular formula is C10H14F3NO4. The Morgan fingerprint density at radius 1 is 1.44 bits per heavy atom. The van der Waals surface area contributed by atoms with E-state index in [1.54, 1.807) is 12.2 Å². The fourth-order valence-electron chi connectivity index (χ4n) is 1.03. The molecule has 0 spiro atoms. The van der Waals surface area contributed by atoms with Gasteiger partial charge in [0.2, 0.25) is 0 Å². The summed E-state index contributed by atoms with van der Waals surface area (Å²) < 4.78 is 36.9. The molecule has 0 aromatic rings. The number of carboxylic acid groups (broad SMARTS) is 1. The van der Waals surface area contributed by atoms with Crippen LogP contribution in [0.4, 0.5) is 13.2 Å². The van der Waals surface area contributed by atoms with E-state index in [0.717, 1.165) is 6.54 Å². The fraction of sp³-hybridized carbons (Fsp3) is 0.600. The van der Waals surface area contributed by atoms with Crippen LogP contribution < -0.4 is 5.32 Å². The van der Waals surface area contributed by atoms with E-state index < -0.39 is 12.1 Å². The number of halogens is 3. The molecule has 0 aromatic carbocycles. The van der Waals surface area contributed by atoms with E-state index >= 15 is 0 Å². The van der Waals surface area contributed by atoms with E-state index in [2.05, 4.69) is 5.32 Å². The predicted octanol–water partition coefficient (Wildman–Crippen LogP) is 0.753. The molecule has 8 heteroatoms. The number of rotatable bonds is 2. The number of alkyl halides is 3. The minimum Gasteiger partial charge on any atom is -0.475 e. The molecule has 1 aliphatic heterocycles. The minimum absolute atomic E-state index is 0.104. The van der Waals surface area contributed by atoms with Crippen molar-refractivity contribution in [2.45, 2.75) is 19.1 Å². The van der Waals surface area contributed by atoms with Crippen LogP contribution in [-0.4, -0.2) is 48.8 Å². The molecule has 104 valence electrons. The lowest BCUT2D eigenvalue weighted by atomic mass is 10.1. The van der Waals surface area contributed by atoms with Gasteiger partial charge in [0.1, 0.15) is 0 Å². The van der Waals surface area contributed by atoms with Crippen LogP contribution in [0, 0.1) is 0 Å². The molecule has 1 atom stereocenters. The van der Waals surface area contributed by atoms with E-state index in [4.69, 9.17) is 14.6 Å². The zero-order valence-electron chi connectivity index (χ0n) is 9.66. The first kappa shape index (κ1) is 16.6. The highest BCUT2D eigenvalue weighted by atomic mass is 19.4. The number of allylic oxidation sites excluding steroid dienone is 1. The van der Waals surface area contributed by atoms with Gasteiger partial charge >= 0.3 is 12.1 Å². The molecule has 1 aliphatic rings. The largest absolute Gasteiger partial charge is 0.490 e. The van der Waals surface area contributed by atoms with E-state index in [-0.39, 0.29) is 11.8 Å². The van der Waals surface area contributed by atoms with Crippen molar-refractivity contribution in [2.75, 3.05) is 19.8 Å². The van der Waals surface area contributed by atoms with Gasteiger partial charge in [0.25, 0.3) is 0 Å². The monoisotopic (exact) mass is 269 g/mol. The standard InChI is InChI=1S/C8H13NO2.C2HF3O2/c1-2-3-8(10)7-6-11-5-4-9-7;3-2(4,5)1(6)7/h2-3,7,9H,4-6H2,1H3;(H,6,7). The van der Waals surface area contributed by atoms with E-state index in [1.807, 2.05) is 6.92 Å². The third kappa shape index (κ3) is 7.02. The molecule has 2 N–H and O–H groups in total. The first-order valence-corrected chi connectivity index (χ1v) is 5.06. The predicted molar refractivity (Wildman–Crippen MR) is 56.1 cm³/mol. The summed E-state index contributed by atoms with van der Waals surface area (Å²) in [6.07, 6.45) is -1.76. The van der Waals surface area contributed by atoms with Crippen molar-refractivity contribution in [3.8, 4) is 0 Å². The van der Waals surface area contributed by atoms with Gasteiger partial charge in [0, 0.05) is 6.54 Å². The highest BCUT2D eigenvalue weighted by Crippen LogP contribution is 2.13. The number of carboxylic acids is 1. The highest BCUT2D eigenvalue weighted by Gasteiger charge is 2.38. The Balaban J connectivity index is 0.000000360. The number of hydrogen-bond acceptors (Lipinski definition) is 4. The lowest BCUT2D eigenvalue weighted by Gasteiger charge is -2.21. The Bertz CT molecular complexity index is 309. The average molecular weight is 269 g/mol. The van der Waals surface area contributed by atoms with Gasteiger partial charge in [-0.1, -0.05) is 6.08 Å². The van der Waals surface area contributed by atoms with Crippen LogP contribution >= 0.6 is 0 Å². The molecule has 0 amide bonds. The maximum atomic E-state index is 11.2. The van der Waals surface area contributed by atoms with Crippen molar-refractivity contribution in [1.82, 2.24) is 5.32 Å². The molecule has 1 rings (SSSR count). The van der Waals surface area contributed by atoms with E-state index in [1.165, 1.54) is 0 Å². The summed E-state index contributed by atoms with van der Waals surface area (Å²) in [6.45, 7) is 3.82. The topological polar surface area (TPSA) is 75.6 Å². The van der Waals surface area contributed by atoms with Crippen molar-refractivity contribution in [3.63, 3.8) is 0 Å². The van der Waals surface area contributed by atoms with Gasteiger partial charge < -0.3 is 15.2 Å². The van der Waals surface area contributed by atoms with Gasteiger partial charge in [0.15, 0.2) is 5.78 Å². The van der Waals surface area contributed by atoms with Crippen LogP contribution in [0.15, 0.2) is 12.2 Å². The fourth-order valence-corrected chi connectivity index (χ4v) is 1.03. The van der Waals surface area contributed by atoms with E-state index in [9.17, 15) is 18.0 Å². The maximum Gasteiger partial charge on any atom is 0.490 e. The smallest absolute Gasteiger partial charge is 0.475 e. The second-order valence-electron chi connectivity index (χ2n) is 3.29. The Kier molecular flexibility index (Phi) is 7.21. The van der Waals surface area contributed by atoms with Crippen LogP contribution in [0.3, 0.4) is 0 Å². The number of ketones is 1. The first-order valence-electron chi connectivity index (χ1n) is 5.06. The normalized spacial score (nSPS) is 20.1. The van der Waals surface area contributed by atoms with Crippen LogP contribution in [-0.2, 0) is 14.3 Å². The zero-order chi connectivity index (χ0) is 14.2. The maximum absolute atomic E-state index is 11.2.